The van der Waals surface area contributed by atoms with E-state index in [4.69, 9.17) is 0 Å². The van der Waals surface area contributed by atoms with Crippen LogP contribution in [0.2, 0.25) is 0 Å². The molecule has 2 rings (SSSR count). The molecule has 0 fully saturated rings. The first-order chi connectivity index (χ1) is 8.58. The number of pyridine rings is 1. The zero-order valence-corrected chi connectivity index (χ0v) is 13.6. The minimum Gasteiger partial charge on any atom is -1.00 e. The standard InChI is InChI=1S/C16H18NO.HI/c1-12-9-13(2)16(14(3)10-12)15(18)11-17-7-5-4-6-8-17;/h4-10H,11H2,1-3H3;1H/q+1;/p-1. The normalized spacial score (nSPS) is 9.84. The first-order valence-corrected chi connectivity index (χ1v) is 6.13. The third-order valence-corrected chi connectivity index (χ3v) is 3.06. The van der Waals surface area contributed by atoms with Gasteiger partial charge in [0.15, 0.2) is 12.4 Å². The molecule has 0 bridgehead atoms. The Morgan fingerprint density at radius 1 is 1.00 bits per heavy atom. The molecule has 100 valence electrons. The fraction of sp³-hybridized carbons (Fsp3) is 0.250. The van der Waals surface area contributed by atoms with E-state index in [-0.39, 0.29) is 29.8 Å². The molecule has 1 heterocycles. The largest absolute Gasteiger partial charge is 1.00 e. The lowest BCUT2D eigenvalue weighted by atomic mass is 9.96. The van der Waals surface area contributed by atoms with Crippen molar-refractivity contribution in [1.29, 1.82) is 0 Å². The highest BCUT2D eigenvalue weighted by atomic mass is 127. The minimum absolute atomic E-state index is 0. The van der Waals surface area contributed by atoms with Gasteiger partial charge in [-0.3, -0.25) is 4.79 Å². The van der Waals surface area contributed by atoms with Crippen molar-refractivity contribution < 1.29 is 33.3 Å². The Balaban J connectivity index is 0.00000180. The summed E-state index contributed by atoms with van der Waals surface area (Å²) in [5, 5.41) is 0. The quantitative estimate of drug-likeness (QED) is 0.418. The Kier molecular flexibility index (Phi) is 5.66. The highest BCUT2D eigenvalue weighted by Gasteiger charge is 2.16. The van der Waals surface area contributed by atoms with Gasteiger partial charge in [0.2, 0.25) is 12.3 Å². The molecule has 0 N–H and O–H groups in total. The smallest absolute Gasteiger partial charge is 0.228 e. The van der Waals surface area contributed by atoms with Crippen molar-refractivity contribution in [3.05, 3.63) is 65.0 Å². The van der Waals surface area contributed by atoms with E-state index in [2.05, 4.69) is 19.1 Å². The van der Waals surface area contributed by atoms with Gasteiger partial charge in [-0.05, 0) is 31.9 Å². The maximum absolute atomic E-state index is 12.3. The molecule has 2 nitrogen and oxygen atoms in total. The van der Waals surface area contributed by atoms with Crippen molar-refractivity contribution in [3.8, 4) is 0 Å². The van der Waals surface area contributed by atoms with Crippen LogP contribution < -0.4 is 28.5 Å². The summed E-state index contributed by atoms with van der Waals surface area (Å²) in [7, 11) is 0. The second kappa shape index (κ2) is 6.80. The number of aromatic nitrogens is 1. The van der Waals surface area contributed by atoms with Crippen LogP contribution in [0, 0.1) is 20.8 Å². The van der Waals surface area contributed by atoms with E-state index < -0.39 is 0 Å². The average Bonchev–Trinajstić information content (AvgIpc) is 2.28. The number of hydrogen-bond acceptors (Lipinski definition) is 1. The lowest BCUT2D eigenvalue weighted by Crippen LogP contribution is -3.00. The second-order valence-corrected chi connectivity index (χ2v) is 4.74. The highest BCUT2D eigenvalue weighted by Crippen LogP contribution is 2.16. The van der Waals surface area contributed by atoms with Crippen LogP contribution in [0.25, 0.3) is 0 Å². The molecule has 1 aromatic heterocycles. The maximum Gasteiger partial charge on any atom is 0.228 e. The monoisotopic (exact) mass is 367 g/mol. The Morgan fingerprint density at radius 3 is 2.05 bits per heavy atom. The zero-order valence-electron chi connectivity index (χ0n) is 11.5. The van der Waals surface area contributed by atoms with Gasteiger partial charge in [-0.25, -0.2) is 0 Å². The van der Waals surface area contributed by atoms with Gasteiger partial charge in [0.05, 0.1) is 0 Å². The summed E-state index contributed by atoms with van der Waals surface area (Å²) in [6.45, 7) is 6.46. The van der Waals surface area contributed by atoms with Crippen LogP contribution >= 0.6 is 0 Å². The second-order valence-electron chi connectivity index (χ2n) is 4.74. The van der Waals surface area contributed by atoms with Crippen molar-refractivity contribution in [2.45, 2.75) is 27.3 Å². The Labute approximate surface area is 131 Å². The van der Waals surface area contributed by atoms with Gasteiger partial charge in [0, 0.05) is 17.7 Å². The first kappa shape index (κ1) is 15.8. The number of benzene rings is 1. The number of aryl methyl sites for hydroxylation is 3. The number of hydrogen-bond donors (Lipinski definition) is 0. The molecule has 3 heteroatoms. The fourth-order valence-electron chi connectivity index (χ4n) is 2.40. The van der Waals surface area contributed by atoms with Crippen molar-refractivity contribution >= 4 is 5.78 Å². The van der Waals surface area contributed by atoms with Crippen molar-refractivity contribution in [2.75, 3.05) is 0 Å². The zero-order chi connectivity index (χ0) is 13.1. The number of carbonyl (C=O) groups excluding carboxylic acids is 1. The van der Waals surface area contributed by atoms with Gasteiger partial charge in [-0.15, -0.1) is 0 Å². The first-order valence-electron chi connectivity index (χ1n) is 6.13. The number of carbonyl (C=O) groups is 1. The predicted molar refractivity (Wildman–Crippen MR) is 71.6 cm³/mol. The van der Waals surface area contributed by atoms with E-state index in [1.165, 1.54) is 5.56 Å². The fourth-order valence-corrected chi connectivity index (χ4v) is 2.40. The van der Waals surface area contributed by atoms with Crippen molar-refractivity contribution in [2.24, 2.45) is 0 Å². The average molecular weight is 367 g/mol. The molecule has 0 atom stereocenters. The molecule has 2 aromatic rings. The molecule has 0 radical (unpaired) electrons. The molecule has 0 saturated heterocycles. The predicted octanol–water partition coefficient (Wildman–Crippen LogP) is -0.214. The van der Waals surface area contributed by atoms with E-state index in [1.807, 2.05) is 49.0 Å². The SMILES string of the molecule is Cc1cc(C)c(C(=O)C[n+]2ccccc2)c(C)c1.[I-]. The minimum atomic E-state index is 0. The summed E-state index contributed by atoms with van der Waals surface area (Å²) in [6, 6.07) is 9.94. The van der Waals surface area contributed by atoms with Gasteiger partial charge < -0.3 is 24.0 Å². The number of nitrogens with zero attached hydrogens (tertiary/aromatic N) is 1. The summed E-state index contributed by atoms with van der Waals surface area (Å²) in [5.74, 6) is 0.168. The number of Topliss-reactive ketones (excluding diaryl/α,β-unsaturated/α-hetero) is 1. The van der Waals surface area contributed by atoms with Gasteiger partial charge in [-0.2, -0.15) is 4.57 Å². The van der Waals surface area contributed by atoms with Crippen LogP contribution in [0.1, 0.15) is 27.0 Å². The van der Waals surface area contributed by atoms with Crippen molar-refractivity contribution in [3.63, 3.8) is 0 Å². The summed E-state index contributed by atoms with van der Waals surface area (Å²) >= 11 is 0. The number of rotatable bonds is 3. The molecule has 0 amide bonds. The molecule has 0 spiro atoms. The van der Waals surface area contributed by atoms with Gasteiger partial charge in [0.25, 0.3) is 0 Å². The van der Waals surface area contributed by atoms with E-state index in [9.17, 15) is 4.79 Å². The molecule has 0 aliphatic carbocycles. The lowest BCUT2D eigenvalue weighted by Gasteiger charge is -2.08. The third kappa shape index (κ3) is 3.86. The van der Waals surface area contributed by atoms with Crippen LogP contribution in [-0.4, -0.2) is 5.78 Å². The van der Waals surface area contributed by atoms with Crippen LogP contribution in [-0.2, 0) is 6.54 Å². The van der Waals surface area contributed by atoms with Crippen LogP contribution in [0.15, 0.2) is 42.7 Å². The molecule has 19 heavy (non-hydrogen) atoms. The van der Waals surface area contributed by atoms with Crippen molar-refractivity contribution in [1.82, 2.24) is 0 Å². The Bertz CT molecular complexity index is 556. The van der Waals surface area contributed by atoms with E-state index >= 15 is 0 Å². The summed E-state index contributed by atoms with van der Waals surface area (Å²) in [5.41, 5.74) is 4.19. The van der Waals surface area contributed by atoms with E-state index in [0.29, 0.717) is 6.54 Å². The van der Waals surface area contributed by atoms with E-state index in [0.717, 1.165) is 16.7 Å². The molecule has 0 aliphatic rings. The molecule has 0 saturated carbocycles. The maximum atomic E-state index is 12.3. The Morgan fingerprint density at radius 2 is 1.53 bits per heavy atom. The van der Waals surface area contributed by atoms with Crippen LogP contribution in [0.3, 0.4) is 0 Å². The summed E-state index contributed by atoms with van der Waals surface area (Å²) in [6.07, 6.45) is 3.83. The molecule has 0 aliphatic heterocycles. The van der Waals surface area contributed by atoms with Gasteiger partial charge >= 0.3 is 0 Å². The Hall–Kier alpha value is -1.23. The van der Waals surface area contributed by atoms with Gasteiger partial charge in [-0.1, -0.05) is 23.8 Å². The summed E-state index contributed by atoms with van der Waals surface area (Å²) in [4.78, 5) is 12.3. The molecule has 1 aromatic carbocycles. The molecular formula is C16H18INO. The number of halogens is 1. The van der Waals surface area contributed by atoms with Gasteiger partial charge in [0.1, 0.15) is 0 Å². The highest BCUT2D eigenvalue weighted by molar-refractivity contribution is 5.97. The lowest BCUT2D eigenvalue weighted by molar-refractivity contribution is -0.683. The van der Waals surface area contributed by atoms with E-state index in [1.54, 1.807) is 0 Å². The third-order valence-electron chi connectivity index (χ3n) is 3.06. The molecular weight excluding hydrogens is 349 g/mol. The number of ketones is 1. The van der Waals surface area contributed by atoms with Crippen LogP contribution in [0.5, 0.6) is 0 Å². The summed E-state index contributed by atoms with van der Waals surface area (Å²) < 4.78 is 1.90. The van der Waals surface area contributed by atoms with Crippen LogP contribution in [0.4, 0.5) is 0 Å². The molecule has 0 unspecified atom stereocenters. The topological polar surface area (TPSA) is 20.9 Å².